The van der Waals surface area contributed by atoms with Crippen molar-refractivity contribution >= 4 is 46.2 Å². The van der Waals surface area contributed by atoms with Crippen LogP contribution in [0.3, 0.4) is 0 Å². The number of hydrogen-bond donors (Lipinski definition) is 3. The van der Waals surface area contributed by atoms with Crippen LogP contribution in [0.1, 0.15) is 12.7 Å². The van der Waals surface area contributed by atoms with Gasteiger partial charge in [-0.25, -0.2) is 23.9 Å². The molecule has 160 valence electrons. The van der Waals surface area contributed by atoms with E-state index in [-0.39, 0.29) is 24.7 Å². The van der Waals surface area contributed by atoms with Crippen molar-refractivity contribution in [3.05, 3.63) is 36.3 Å². The van der Waals surface area contributed by atoms with Crippen LogP contribution >= 0.6 is 0 Å². The van der Waals surface area contributed by atoms with Crippen LogP contribution in [0.2, 0.25) is 0 Å². The van der Waals surface area contributed by atoms with Crippen LogP contribution in [0.4, 0.5) is 11.6 Å². The molecule has 0 spiro atoms. The summed E-state index contributed by atoms with van der Waals surface area (Å²) >= 11 is 0. The molecule has 4 aromatic rings. The minimum absolute atomic E-state index is 0.0520. The van der Waals surface area contributed by atoms with Crippen LogP contribution in [-0.4, -0.2) is 44.1 Å². The molecule has 4 N–H and O–H groups in total. The molecule has 11 nitrogen and oxygen atoms in total. The Labute approximate surface area is 176 Å². The molecule has 31 heavy (non-hydrogen) atoms. The number of carboxylic acids is 1. The molecule has 1 amide bonds. The molecule has 3 aromatic heterocycles. The second-order valence-electron chi connectivity index (χ2n) is 6.87. The molecule has 0 unspecified atom stereocenters. The topological polar surface area (TPSA) is 143 Å². The normalized spacial score (nSPS) is 11.2. The highest BCUT2D eigenvalue weighted by molar-refractivity contribution is 5.84. The Morgan fingerprint density at radius 1 is 1.39 bits per heavy atom. The number of aromatic nitrogens is 5. The molecule has 0 saturated carbocycles. The summed E-state index contributed by atoms with van der Waals surface area (Å²) in [6.07, 6.45) is 2.30. The number of anilines is 2. The lowest BCUT2D eigenvalue weighted by Crippen LogP contribution is -2.44. The van der Waals surface area contributed by atoms with Crippen molar-refractivity contribution in [2.45, 2.75) is 26.6 Å². The van der Waals surface area contributed by atoms with Crippen LogP contribution < -0.4 is 19.9 Å². The smallest absolute Gasteiger partial charge is 0.346 e. The van der Waals surface area contributed by atoms with Crippen molar-refractivity contribution in [3.8, 4) is 5.75 Å². The van der Waals surface area contributed by atoms with Crippen LogP contribution in [0.25, 0.3) is 22.2 Å². The van der Waals surface area contributed by atoms with Crippen LogP contribution in [-0.2, 0) is 29.2 Å². The molecule has 3 heterocycles. The zero-order valence-electron chi connectivity index (χ0n) is 17.1. The van der Waals surface area contributed by atoms with Gasteiger partial charge in [0.15, 0.2) is 34.9 Å². The highest BCUT2D eigenvalue weighted by atomic mass is 16.5. The quantitative estimate of drug-likeness (QED) is 0.283. The number of nitrogens with zero attached hydrogens (tertiary/aromatic N) is 5. The third kappa shape index (κ3) is 3.50. The number of H-pyrrole nitrogens is 1. The number of hydrogen-bond acceptors (Lipinski definition) is 6. The van der Waals surface area contributed by atoms with Gasteiger partial charge in [-0.15, -0.1) is 0 Å². The van der Waals surface area contributed by atoms with E-state index in [2.05, 4.69) is 15.0 Å². The van der Waals surface area contributed by atoms with Gasteiger partial charge in [0.05, 0.1) is 13.7 Å². The van der Waals surface area contributed by atoms with Crippen LogP contribution in [0.5, 0.6) is 5.75 Å². The molecule has 1 aromatic carbocycles. The summed E-state index contributed by atoms with van der Waals surface area (Å²) in [5.41, 5.74) is 8.65. The molecular formula is C20H22N7O4+. The van der Waals surface area contributed by atoms with Gasteiger partial charge in [0, 0.05) is 12.3 Å². The number of aliphatic carboxylic acids is 1. The Balaban J connectivity index is 1.87. The number of methoxy groups -OCH3 is 1. The number of imidazole rings is 1. The first kappa shape index (κ1) is 20.1. The molecular weight excluding hydrogens is 402 g/mol. The van der Waals surface area contributed by atoms with Gasteiger partial charge in [-0.1, -0.05) is 0 Å². The Morgan fingerprint density at radius 2 is 2.19 bits per heavy atom. The lowest BCUT2D eigenvalue weighted by Gasteiger charge is -2.16. The minimum Gasteiger partial charge on any atom is -0.497 e. The van der Waals surface area contributed by atoms with E-state index in [4.69, 9.17) is 10.5 Å². The Morgan fingerprint density at radius 3 is 2.87 bits per heavy atom. The van der Waals surface area contributed by atoms with Crippen molar-refractivity contribution in [1.29, 1.82) is 0 Å². The van der Waals surface area contributed by atoms with Crippen molar-refractivity contribution in [2.24, 2.45) is 0 Å². The molecule has 0 bridgehead atoms. The average Bonchev–Trinajstić information content (AvgIpc) is 3.32. The molecule has 0 atom stereocenters. The van der Waals surface area contributed by atoms with E-state index in [0.29, 0.717) is 41.2 Å². The highest BCUT2D eigenvalue weighted by Gasteiger charge is 2.29. The number of carboxylic acid groups (broad SMARTS) is 1. The lowest BCUT2D eigenvalue weighted by molar-refractivity contribution is -0.668. The van der Waals surface area contributed by atoms with Gasteiger partial charge >= 0.3 is 5.97 Å². The summed E-state index contributed by atoms with van der Waals surface area (Å²) in [5, 5.41) is 9.50. The Hall–Kier alpha value is -4.15. The molecule has 4 rings (SSSR count). The third-order valence-electron chi connectivity index (χ3n) is 5.10. The first-order valence-electron chi connectivity index (χ1n) is 9.60. The SMILES string of the molecule is CCn1c(CN(C=O)c2nc3cc[nH]c3nc2N)[n+](CC(=O)O)c2ccc(OC)cc21. The van der Waals surface area contributed by atoms with Gasteiger partial charge in [-0.2, -0.15) is 0 Å². The van der Waals surface area contributed by atoms with Gasteiger partial charge in [-0.3, -0.25) is 9.69 Å². The number of aryl methyl sites for hydroxylation is 1. The number of carbonyl (C=O) groups excluding carboxylic acids is 1. The van der Waals surface area contributed by atoms with E-state index in [9.17, 15) is 14.7 Å². The number of benzene rings is 1. The lowest BCUT2D eigenvalue weighted by atomic mass is 10.3. The van der Waals surface area contributed by atoms with E-state index in [1.54, 1.807) is 36.1 Å². The summed E-state index contributed by atoms with van der Waals surface area (Å²) in [7, 11) is 1.57. The Kier molecular flexibility index (Phi) is 5.15. The average molecular weight is 424 g/mol. The number of fused-ring (bicyclic) bond motifs is 2. The summed E-state index contributed by atoms with van der Waals surface area (Å²) in [5.74, 6) is 0.551. The first-order chi connectivity index (χ1) is 15.0. The maximum absolute atomic E-state index is 12.0. The number of nitrogens with two attached hydrogens (primary N) is 1. The number of aromatic amines is 1. The van der Waals surface area contributed by atoms with Gasteiger partial charge in [0.2, 0.25) is 6.41 Å². The molecule has 0 aliphatic heterocycles. The fraction of sp³-hybridized carbons (Fsp3) is 0.250. The molecule has 0 aliphatic rings. The van der Waals surface area contributed by atoms with E-state index < -0.39 is 5.97 Å². The predicted molar refractivity (Wildman–Crippen MR) is 113 cm³/mol. The predicted octanol–water partition coefficient (Wildman–Crippen LogP) is 1.06. The first-order valence-corrected chi connectivity index (χ1v) is 9.60. The number of amides is 1. The van der Waals surface area contributed by atoms with Gasteiger partial charge in [0.1, 0.15) is 17.8 Å². The summed E-state index contributed by atoms with van der Waals surface area (Å²) in [6.45, 7) is 2.28. The van der Waals surface area contributed by atoms with Gasteiger partial charge in [0.25, 0.3) is 5.82 Å². The molecule has 0 saturated heterocycles. The van der Waals surface area contributed by atoms with Crippen LogP contribution in [0.15, 0.2) is 30.5 Å². The largest absolute Gasteiger partial charge is 0.497 e. The van der Waals surface area contributed by atoms with Gasteiger partial charge in [-0.05, 0) is 25.1 Å². The maximum atomic E-state index is 12.0. The van der Waals surface area contributed by atoms with E-state index in [1.165, 1.54) is 4.90 Å². The molecule has 0 radical (unpaired) electrons. The second kappa shape index (κ2) is 7.94. The fourth-order valence-electron chi connectivity index (χ4n) is 3.73. The third-order valence-corrected chi connectivity index (χ3v) is 5.10. The number of rotatable bonds is 8. The summed E-state index contributed by atoms with van der Waals surface area (Å²) in [6, 6.07) is 7.14. The monoisotopic (exact) mass is 424 g/mol. The van der Waals surface area contributed by atoms with Gasteiger partial charge < -0.3 is 20.6 Å². The fourth-order valence-corrected chi connectivity index (χ4v) is 3.73. The van der Waals surface area contributed by atoms with Crippen molar-refractivity contribution in [1.82, 2.24) is 19.5 Å². The maximum Gasteiger partial charge on any atom is 0.346 e. The molecule has 0 fully saturated rings. The number of ether oxygens (including phenoxy) is 1. The van der Waals surface area contributed by atoms with E-state index in [0.717, 1.165) is 5.52 Å². The summed E-state index contributed by atoms with van der Waals surface area (Å²) < 4.78 is 8.93. The number of nitrogen functional groups attached to an aromatic ring is 1. The number of carbonyl (C=O) groups is 2. The van der Waals surface area contributed by atoms with Crippen molar-refractivity contribution in [3.63, 3.8) is 0 Å². The van der Waals surface area contributed by atoms with Crippen LogP contribution in [0, 0.1) is 0 Å². The zero-order chi connectivity index (χ0) is 22.1. The zero-order valence-corrected chi connectivity index (χ0v) is 17.1. The number of nitrogens with one attached hydrogen (secondary N) is 1. The highest BCUT2D eigenvalue weighted by Crippen LogP contribution is 2.25. The minimum atomic E-state index is -0.997. The van der Waals surface area contributed by atoms with Crippen molar-refractivity contribution in [2.75, 3.05) is 17.7 Å². The second-order valence-corrected chi connectivity index (χ2v) is 6.87. The summed E-state index contributed by atoms with van der Waals surface area (Å²) in [4.78, 5) is 36.6. The standard InChI is InChI=1S/C20H21N7O4/c1-3-26-15-8-12(31-2)4-5-14(15)27(10-17(29)30)16(26)9-25(11-28)20-18(21)24-19-13(23-20)6-7-22-19/h4-8,11H,3,9-10H2,1-2H3,(H3-,21,22,23,24,29,30)/p+1. The Bertz CT molecular complexity index is 1290. The van der Waals surface area contributed by atoms with Crippen molar-refractivity contribution < 1.29 is 24.0 Å². The molecule has 11 heteroatoms. The van der Waals surface area contributed by atoms with E-state index >= 15 is 0 Å². The van der Waals surface area contributed by atoms with E-state index in [1.807, 2.05) is 17.6 Å². The molecule has 0 aliphatic carbocycles.